The van der Waals surface area contributed by atoms with Crippen molar-refractivity contribution < 1.29 is 4.79 Å². The van der Waals surface area contributed by atoms with Crippen molar-refractivity contribution in [2.24, 2.45) is 5.92 Å². The van der Waals surface area contributed by atoms with E-state index in [1.807, 2.05) is 11.1 Å². The van der Waals surface area contributed by atoms with E-state index in [0.29, 0.717) is 5.92 Å². The molecule has 1 saturated heterocycles. The number of carbonyl (C=O) groups is 1. The Kier molecular flexibility index (Phi) is 4.68. The number of nitrogens with zero attached hydrogens (tertiary/aromatic N) is 2. The Labute approximate surface area is 138 Å². The van der Waals surface area contributed by atoms with Crippen LogP contribution >= 0.6 is 0 Å². The first-order valence-electron chi connectivity index (χ1n) is 8.37. The minimum absolute atomic E-state index is 0.164. The van der Waals surface area contributed by atoms with Crippen LogP contribution in [0.5, 0.6) is 0 Å². The summed E-state index contributed by atoms with van der Waals surface area (Å²) in [6.45, 7) is 8.08. The summed E-state index contributed by atoms with van der Waals surface area (Å²) in [6.07, 6.45) is 3.29. The summed E-state index contributed by atoms with van der Waals surface area (Å²) in [4.78, 5) is 14.4. The lowest BCUT2D eigenvalue weighted by Gasteiger charge is -2.32. The number of hydrogen-bond donors (Lipinski definition) is 2. The summed E-state index contributed by atoms with van der Waals surface area (Å²) in [5.74, 6) is 0.505. The highest BCUT2D eigenvalue weighted by molar-refractivity contribution is 5.90. The van der Waals surface area contributed by atoms with Gasteiger partial charge in [0, 0.05) is 31.9 Å². The van der Waals surface area contributed by atoms with Gasteiger partial charge in [-0.3, -0.25) is 5.43 Å². The predicted octanol–water partition coefficient (Wildman–Crippen LogP) is 2.57. The highest BCUT2D eigenvalue weighted by Gasteiger charge is 2.18. The monoisotopic (exact) mass is 314 g/mol. The molecule has 0 radical (unpaired) electrons. The number of anilines is 1. The van der Waals surface area contributed by atoms with E-state index in [1.165, 1.54) is 16.7 Å². The van der Waals surface area contributed by atoms with Crippen molar-refractivity contribution in [1.29, 1.82) is 0 Å². The number of hydrazine groups is 1. The maximum absolute atomic E-state index is 12.2. The zero-order valence-electron chi connectivity index (χ0n) is 14.2. The predicted molar refractivity (Wildman–Crippen MR) is 94.2 cm³/mol. The highest BCUT2D eigenvalue weighted by Crippen LogP contribution is 2.34. The van der Waals surface area contributed by atoms with Crippen molar-refractivity contribution >= 4 is 17.3 Å². The number of benzene rings is 1. The number of urea groups is 1. The Balaban J connectivity index is 1.61. The van der Waals surface area contributed by atoms with E-state index in [9.17, 15) is 4.79 Å². The zero-order chi connectivity index (χ0) is 16.4. The third kappa shape index (κ3) is 3.74. The first-order chi connectivity index (χ1) is 11.0. The van der Waals surface area contributed by atoms with Crippen LogP contribution in [-0.2, 0) is 6.42 Å². The third-order valence-corrected chi connectivity index (χ3v) is 4.61. The van der Waals surface area contributed by atoms with Crippen LogP contribution in [0.2, 0.25) is 0 Å². The number of hydrogen-bond acceptors (Lipinski definition) is 3. The Morgan fingerprint density at radius 1 is 1.17 bits per heavy atom. The molecule has 1 aromatic rings. The number of fused-ring (bicyclic) bond motifs is 1. The molecule has 2 N–H and O–H groups in total. The van der Waals surface area contributed by atoms with Gasteiger partial charge < -0.3 is 10.2 Å². The Morgan fingerprint density at radius 3 is 2.61 bits per heavy atom. The lowest BCUT2D eigenvalue weighted by molar-refractivity contribution is 0.116. The molecule has 23 heavy (non-hydrogen) atoms. The summed E-state index contributed by atoms with van der Waals surface area (Å²) in [5, 5.41) is 4.93. The number of rotatable bonds is 3. The average Bonchev–Trinajstić information content (AvgIpc) is 2.93. The number of carbonyl (C=O) groups excluding carboxylic acids is 1. The van der Waals surface area contributed by atoms with Gasteiger partial charge in [-0.25, -0.2) is 9.80 Å². The number of likely N-dealkylation sites (N-methyl/N-ethyl adjacent to an activating group) is 1. The molecule has 0 aromatic heterocycles. The van der Waals surface area contributed by atoms with Crippen LogP contribution < -0.4 is 10.7 Å². The van der Waals surface area contributed by atoms with Gasteiger partial charge in [0.05, 0.1) is 0 Å². The Bertz CT molecular complexity index is 615. The first kappa shape index (κ1) is 16.0. The van der Waals surface area contributed by atoms with Crippen molar-refractivity contribution in [3.05, 3.63) is 35.4 Å². The van der Waals surface area contributed by atoms with Gasteiger partial charge >= 0.3 is 6.03 Å². The Hall–Kier alpha value is -1.85. The fraction of sp³-hybridized carbons (Fsp3) is 0.500. The van der Waals surface area contributed by atoms with Crippen LogP contribution in [0.15, 0.2) is 24.3 Å². The zero-order valence-corrected chi connectivity index (χ0v) is 14.2. The fourth-order valence-corrected chi connectivity index (χ4v) is 3.20. The summed E-state index contributed by atoms with van der Waals surface area (Å²) < 4.78 is 0. The molecule has 1 aliphatic heterocycles. The molecule has 1 heterocycles. The molecule has 2 aliphatic rings. The van der Waals surface area contributed by atoms with E-state index < -0.39 is 0 Å². The van der Waals surface area contributed by atoms with Crippen molar-refractivity contribution in [3.63, 3.8) is 0 Å². The van der Waals surface area contributed by atoms with Crippen LogP contribution in [0.25, 0.3) is 5.57 Å². The fourth-order valence-electron chi connectivity index (χ4n) is 3.20. The molecule has 3 rings (SSSR count). The molecule has 0 spiro atoms. The molecule has 5 nitrogen and oxygen atoms in total. The van der Waals surface area contributed by atoms with Gasteiger partial charge in [0.15, 0.2) is 0 Å². The standard InChI is InChI=1S/C18H26N4O/c1-13(2)16-7-5-14-4-6-15(12-17(14)16)19-18(23)20-22-10-8-21(3)9-11-22/h4,6-7,12-13H,5,8-11H2,1-3H3,(H2,19,20,23). The Morgan fingerprint density at radius 2 is 1.91 bits per heavy atom. The lowest BCUT2D eigenvalue weighted by Crippen LogP contribution is -2.53. The summed E-state index contributed by atoms with van der Waals surface area (Å²) in [6, 6.07) is 6.03. The molecule has 0 unspecified atom stereocenters. The second kappa shape index (κ2) is 6.72. The van der Waals surface area contributed by atoms with E-state index in [2.05, 4.69) is 54.7 Å². The molecule has 1 fully saturated rings. The maximum atomic E-state index is 12.2. The van der Waals surface area contributed by atoms with Gasteiger partial charge in [0.2, 0.25) is 0 Å². The molecule has 1 aromatic carbocycles. The quantitative estimate of drug-likeness (QED) is 0.901. The van der Waals surface area contributed by atoms with Crippen molar-refractivity contribution in [1.82, 2.24) is 15.3 Å². The second-order valence-corrected chi connectivity index (χ2v) is 6.75. The van der Waals surface area contributed by atoms with E-state index in [1.54, 1.807) is 0 Å². The van der Waals surface area contributed by atoms with Gasteiger partial charge in [-0.2, -0.15) is 0 Å². The molecular weight excluding hydrogens is 288 g/mol. The van der Waals surface area contributed by atoms with Gasteiger partial charge in [0.25, 0.3) is 0 Å². The molecule has 1 aliphatic carbocycles. The molecule has 0 saturated carbocycles. The van der Waals surface area contributed by atoms with Crippen LogP contribution in [-0.4, -0.2) is 49.2 Å². The largest absolute Gasteiger partial charge is 0.333 e. The minimum atomic E-state index is -0.164. The average molecular weight is 314 g/mol. The number of allylic oxidation sites excluding steroid dienone is 2. The van der Waals surface area contributed by atoms with Crippen molar-refractivity contribution in [2.45, 2.75) is 20.3 Å². The summed E-state index contributed by atoms with van der Waals surface area (Å²) >= 11 is 0. The van der Waals surface area contributed by atoms with Gasteiger partial charge in [-0.1, -0.05) is 26.0 Å². The lowest BCUT2D eigenvalue weighted by atomic mass is 9.96. The van der Waals surface area contributed by atoms with Gasteiger partial charge in [0.1, 0.15) is 0 Å². The highest BCUT2D eigenvalue weighted by atomic mass is 16.2. The van der Waals surface area contributed by atoms with Gasteiger partial charge in [-0.05, 0) is 48.2 Å². The van der Waals surface area contributed by atoms with Crippen LogP contribution in [0.4, 0.5) is 10.5 Å². The van der Waals surface area contributed by atoms with Gasteiger partial charge in [-0.15, -0.1) is 0 Å². The van der Waals surface area contributed by atoms with E-state index >= 15 is 0 Å². The third-order valence-electron chi connectivity index (χ3n) is 4.61. The van der Waals surface area contributed by atoms with Crippen LogP contribution in [0.1, 0.15) is 25.0 Å². The normalized spacial score (nSPS) is 18.7. The first-order valence-corrected chi connectivity index (χ1v) is 8.37. The topological polar surface area (TPSA) is 47.6 Å². The van der Waals surface area contributed by atoms with Crippen LogP contribution in [0, 0.1) is 5.92 Å². The van der Waals surface area contributed by atoms with E-state index in [-0.39, 0.29) is 6.03 Å². The minimum Gasteiger partial charge on any atom is -0.307 e. The van der Waals surface area contributed by atoms with Crippen molar-refractivity contribution in [3.8, 4) is 0 Å². The van der Waals surface area contributed by atoms with E-state index in [0.717, 1.165) is 38.3 Å². The molecular formula is C18H26N4O. The van der Waals surface area contributed by atoms with E-state index in [4.69, 9.17) is 0 Å². The second-order valence-electron chi connectivity index (χ2n) is 6.75. The molecule has 124 valence electrons. The van der Waals surface area contributed by atoms with Crippen molar-refractivity contribution in [2.75, 3.05) is 38.5 Å². The summed E-state index contributed by atoms with van der Waals surface area (Å²) in [7, 11) is 2.10. The SMILES string of the molecule is CC(C)C1=CCc2ccc(NC(=O)NN3CCN(C)CC3)cc21. The van der Waals surface area contributed by atoms with Crippen LogP contribution in [0.3, 0.4) is 0 Å². The molecule has 0 bridgehead atoms. The number of nitrogens with one attached hydrogen (secondary N) is 2. The molecule has 0 atom stereocenters. The molecule has 2 amide bonds. The maximum Gasteiger partial charge on any atom is 0.333 e. The number of amides is 2. The number of piperazine rings is 1. The summed E-state index contributed by atoms with van der Waals surface area (Å²) in [5.41, 5.74) is 7.78. The molecule has 5 heteroatoms. The smallest absolute Gasteiger partial charge is 0.307 e.